The highest BCUT2D eigenvalue weighted by Gasteiger charge is 2.10. The van der Waals surface area contributed by atoms with Gasteiger partial charge in [0.25, 0.3) is 0 Å². The van der Waals surface area contributed by atoms with Crippen molar-refractivity contribution in [3.63, 3.8) is 0 Å². The van der Waals surface area contributed by atoms with Crippen LogP contribution in [0.3, 0.4) is 0 Å². The van der Waals surface area contributed by atoms with E-state index in [0.29, 0.717) is 59.0 Å². The minimum absolute atomic E-state index is 0.0767. The number of benzene rings is 1. The molecule has 2 N–H and O–H groups in total. The summed E-state index contributed by atoms with van der Waals surface area (Å²) in [7, 11) is 0. The summed E-state index contributed by atoms with van der Waals surface area (Å²) in [6, 6.07) is 5.64. The van der Waals surface area contributed by atoms with Gasteiger partial charge in [-0.3, -0.25) is 4.79 Å². The molecular formula is C18H25NO5. The SMILES string of the molecule is NCCOCCOCCCC(=O)/C=C/c1ccc2c(c1)OCCO2. The summed E-state index contributed by atoms with van der Waals surface area (Å²) in [5.41, 5.74) is 6.22. The van der Waals surface area contributed by atoms with Crippen molar-refractivity contribution >= 4 is 11.9 Å². The zero-order valence-corrected chi connectivity index (χ0v) is 13.9. The number of nitrogens with two attached hydrogens (primary N) is 1. The van der Waals surface area contributed by atoms with Gasteiger partial charge in [-0.05, 0) is 30.2 Å². The monoisotopic (exact) mass is 335 g/mol. The molecule has 0 saturated carbocycles. The number of hydrogen-bond acceptors (Lipinski definition) is 6. The van der Waals surface area contributed by atoms with E-state index in [9.17, 15) is 4.79 Å². The van der Waals surface area contributed by atoms with E-state index in [4.69, 9.17) is 24.7 Å². The number of rotatable bonds is 11. The third-order valence-corrected chi connectivity index (χ3v) is 3.37. The molecule has 6 nitrogen and oxygen atoms in total. The molecule has 0 atom stereocenters. The van der Waals surface area contributed by atoms with Crippen LogP contribution in [0.25, 0.3) is 6.08 Å². The summed E-state index contributed by atoms with van der Waals surface area (Å²) in [5.74, 6) is 1.55. The molecule has 0 aromatic heterocycles. The van der Waals surface area contributed by atoms with E-state index in [1.165, 1.54) is 0 Å². The van der Waals surface area contributed by atoms with E-state index < -0.39 is 0 Å². The minimum Gasteiger partial charge on any atom is -0.486 e. The zero-order valence-electron chi connectivity index (χ0n) is 13.9. The van der Waals surface area contributed by atoms with Crippen LogP contribution < -0.4 is 15.2 Å². The Labute approximate surface area is 142 Å². The summed E-state index contributed by atoms with van der Waals surface area (Å²) >= 11 is 0. The fraction of sp³-hybridized carbons (Fsp3) is 0.500. The Hall–Kier alpha value is -1.89. The third-order valence-electron chi connectivity index (χ3n) is 3.37. The maximum absolute atomic E-state index is 11.8. The van der Waals surface area contributed by atoms with E-state index in [2.05, 4.69) is 0 Å². The highest BCUT2D eigenvalue weighted by Crippen LogP contribution is 2.31. The van der Waals surface area contributed by atoms with Gasteiger partial charge in [0.2, 0.25) is 0 Å². The maximum Gasteiger partial charge on any atom is 0.161 e. The van der Waals surface area contributed by atoms with Gasteiger partial charge in [-0.15, -0.1) is 0 Å². The number of hydrogen-bond donors (Lipinski definition) is 1. The average Bonchev–Trinajstić information content (AvgIpc) is 2.62. The molecule has 0 amide bonds. The molecule has 0 spiro atoms. The molecule has 0 aliphatic carbocycles. The second kappa shape index (κ2) is 10.8. The Kier molecular flexibility index (Phi) is 8.31. The van der Waals surface area contributed by atoms with E-state index in [-0.39, 0.29) is 5.78 Å². The predicted octanol–water partition coefficient (Wildman–Crippen LogP) is 1.81. The van der Waals surface area contributed by atoms with Crippen LogP contribution >= 0.6 is 0 Å². The zero-order chi connectivity index (χ0) is 17.0. The Morgan fingerprint density at radius 3 is 2.62 bits per heavy atom. The standard InChI is InChI=1S/C18H25NO5/c19-7-9-22-11-10-21-8-1-2-16(20)5-3-15-4-6-17-18(14-15)24-13-12-23-17/h3-6,14H,1-2,7-13,19H2/b5-3+. The lowest BCUT2D eigenvalue weighted by atomic mass is 10.1. The van der Waals surface area contributed by atoms with Crippen LogP contribution in [0.1, 0.15) is 18.4 Å². The highest BCUT2D eigenvalue weighted by atomic mass is 16.6. The number of carbonyl (C=O) groups excluding carboxylic acids is 1. The van der Waals surface area contributed by atoms with Crippen molar-refractivity contribution in [2.24, 2.45) is 5.73 Å². The predicted molar refractivity (Wildman–Crippen MR) is 91.4 cm³/mol. The van der Waals surface area contributed by atoms with Gasteiger partial charge in [-0.1, -0.05) is 12.1 Å². The molecule has 1 aliphatic rings. The molecule has 6 heteroatoms. The fourth-order valence-corrected chi connectivity index (χ4v) is 2.19. The number of carbonyl (C=O) groups is 1. The summed E-state index contributed by atoms with van der Waals surface area (Å²) in [6.07, 6.45) is 4.55. The molecule has 0 radical (unpaired) electrons. The normalized spacial score (nSPS) is 13.4. The molecule has 1 aromatic rings. The van der Waals surface area contributed by atoms with Gasteiger partial charge in [-0.2, -0.15) is 0 Å². The summed E-state index contributed by atoms with van der Waals surface area (Å²) < 4.78 is 21.6. The van der Waals surface area contributed by atoms with Gasteiger partial charge >= 0.3 is 0 Å². The van der Waals surface area contributed by atoms with Gasteiger partial charge in [0.15, 0.2) is 17.3 Å². The average molecular weight is 335 g/mol. The summed E-state index contributed by atoms with van der Waals surface area (Å²) in [5, 5.41) is 0. The highest BCUT2D eigenvalue weighted by molar-refractivity contribution is 5.93. The minimum atomic E-state index is 0.0767. The molecule has 1 aromatic carbocycles. The molecule has 0 unspecified atom stereocenters. The van der Waals surface area contributed by atoms with Crippen molar-refractivity contribution in [2.75, 3.05) is 46.2 Å². The van der Waals surface area contributed by atoms with Crippen molar-refractivity contribution < 1.29 is 23.7 Å². The number of allylic oxidation sites excluding steroid dienone is 1. The van der Waals surface area contributed by atoms with E-state index in [0.717, 1.165) is 17.1 Å². The molecule has 1 heterocycles. The first-order chi connectivity index (χ1) is 11.8. The smallest absolute Gasteiger partial charge is 0.161 e. The first kappa shape index (κ1) is 18.4. The molecule has 0 saturated heterocycles. The van der Waals surface area contributed by atoms with Crippen molar-refractivity contribution in [3.8, 4) is 11.5 Å². The maximum atomic E-state index is 11.8. The number of ether oxygens (including phenoxy) is 4. The lowest BCUT2D eigenvalue weighted by molar-refractivity contribution is -0.114. The quantitative estimate of drug-likeness (QED) is 0.491. The molecule has 0 bridgehead atoms. The van der Waals surface area contributed by atoms with E-state index in [1.54, 1.807) is 12.2 Å². The van der Waals surface area contributed by atoms with Crippen molar-refractivity contribution in [2.45, 2.75) is 12.8 Å². The Bertz CT molecular complexity index is 544. The lowest BCUT2D eigenvalue weighted by Crippen LogP contribution is -2.15. The fourth-order valence-electron chi connectivity index (χ4n) is 2.19. The van der Waals surface area contributed by atoms with Crippen LogP contribution in [0.4, 0.5) is 0 Å². The number of ketones is 1. The van der Waals surface area contributed by atoms with Gasteiger partial charge in [-0.25, -0.2) is 0 Å². The van der Waals surface area contributed by atoms with Crippen molar-refractivity contribution in [1.29, 1.82) is 0 Å². The Morgan fingerprint density at radius 2 is 1.83 bits per heavy atom. The molecule has 0 fully saturated rings. The van der Waals surface area contributed by atoms with Crippen molar-refractivity contribution in [3.05, 3.63) is 29.8 Å². The molecular weight excluding hydrogens is 310 g/mol. The molecule has 132 valence electrons. The second-order valence-corrected chi connectivity index (χ2v) is 5.32. The van der Waals surface area contributed by atoms with Gasteiger partial charge in [0.1, 0.15) is 13.2 Å². The molecule has 2 rings (SSSR count). The van der Waals surface area contributed by atoms with Crippen LogP contribution in [-0.2, 0) is 14.3 Å². The van der Waals surface area contributed by atoms with Crippen LogP contribution in [-0.4, -0.2) is 52.0 Å². The third kappa shape index (κ3) is 6.70. The largest absolute Gasteiger partial charge is 0.486 e. The van der Waals surface area contributed by atoms with Crippen LogP contribution in [0.2, 0.25) is 0 Å². The van der Waals surface area contributed by atoms with Gasteiger partial charge in [0.05, 0.1) is 19.8 Å². The molecule has 1 aliphatic heterocycles. The van der Waals surface area contributed by atoms with Crippen LogP contribution in [0.15, 0.2) is 24.3 Å². The Balaban J connectivity index is 1.62. The van der Waals surface area contributed by atoms with Gasteiger partial charge in [0, 0.05) is 19.6 Å². The first-order valence-corrected chi connectivity index (χ1v) is 8.25. The van der Waals surface area contributed by atoms with Gasteiger partial charge < -0.3 is 24.7 Å². The van der Waals surface area contributed by atoms with Crippen LogP contribution in [0.5, 0.6) is 11.5 Å². The van der Waals surface area contributed by atoms with E-state index in [1.807, 2.05) is 18.2 Å². The van der Waals surface area contributed by atoms with Crippen LogP contribution in [0, 0.1) is 0 Å². The summed E-state index contributed by atoms with van der Waals surface area (Å²) in [6.45, 7) is 3.81. The summed E-state index contributed by atoms with van der Waals surface area (Å²) in [4.78, 5) is 11.8. The number of fused-ring (bicyclic) bond motifs is 1. The first-order valence-electron chi connectivity index (χ1n) is 8.25. The lowest BCUT2D eigenvalue weighted by Gasteiger charge is -2.18. The molecule has 24 heavy (non-hydrogen) atoms. The van der Waals surface area contributed by atoms with E-state index >= 15 is 0 Å². The second-order valence-electron chi connectivity index (χ2n) is 5.32. The van der Waals surface area contributed by atoms with Crippen molar-refractivity contribution in [1.82, 2.24) is 0 Å². The topological polar surface area (TPSA) is 80.0 Å². The Morgan fingerprint density at radius 1 is 1.08 bits per heavy atom.